The van der Waals surface area contributed by atoms with Crippen LogP contribution in [0.2, 0.25) is 0 Å². The third-order valence-electron chi connectivity index (χ3n) is 1.84. The van der Waals surface area contributed by atoms with Crippen molar-refractivity contribution in [1.29, 1.82) is 0 Å². The molecule has 17 heavy (non-hydrogen) atoms. The Labute approximate surface area is 111 Å². The molecular formula is C11H9IO5. The minimum atomic E-state index is -1.20. The molecule has 1 atom stereocenters. The molecule has 0 fully saturated rings. The number of carbonyl (C=O) groups excluding carboxylic acids is 2. The lowest BCUT2D eigenvalue weighted by molar-refractivity contribution is 0.0502. The van der Waals surface area contributed by atoms with E-state index in [1.165, 1.54) is 18.2 Å². The average Bonchev–Trinajstić information content (AvgIpc) is 2.27. The molecule has 0 saturated carbocycles. The van der Waals surface area contributed by atoms with Crippen molar-refractivity contribution < 1.29 is 24.2 Å². The lowest BCUT2D eigenvalue weighted by Gasteiger charge is -2.07. The Hall–Kier alpha value is -1.44. The van der Waals surface area contributed by atoms with Crippen molar-refractivity contribution in [2.75, 3.05) is 0 Å². The summed E-state index contributed by atoms with van der Waals surface area (Å²) in [5, 5.41) is 8.82. The maximum absolute atomic E-state index is 11.6. The summed E-state index contributed by atoms with van der Waals surface area (Å²) in [4.78, 5) is 33.0. The van der Waals surface area contributed by atoms with Gasteiger partial charge in [-0.15, -0.1) is 0 Å². The quantitative estimate of drug-likeness (QED) is 0.390. The lowest BCUT2D eigenvalue weighted by Crippen LogP contribution is -2.11. The standard InChI is InChI=1S/C11H9IO5/c1-6(12)17-11(16)9-3-7(5-13)2-8(4-9)10(14)15/h2-6H,1H3,(H,14,15). The van der Waals surface area contributed by atoms with Gasteiger partial charge in [0, 0.05) is 5.56 Å². The summed E-state index contributed by atoms with van der Waals surface area (Å²) >= 11 is 1.90. The minimum absolute atomic E-state index is 0.0514. The summed E-state index contributed by atoms with van der Waals surface area (Å²) in [5.74, 6) is -1.86. The van der Waals surface area contributed by atoms with E-state index in [1.807, 2.05) is 22.6 Å². The highest BCUT2D eigenvalue weighted by molar-refractivity contribution is 14.1. The van der Waals surface area contributed by atoms with Gasteiger partial charge in [0.25, 0.3) is 0 Å². The van der Waals surface area contributed by atoms with Gasteiger partial charge in [0.15, 0.2) is 0 Å². The van der Waals surface area contributed by atoms with Crippen molar-refractivity contribution in [3.05, 3.63) is 34.9 Å². The van der Waals surface area contributed by atoms with Gasteiger partial charge in [0.1, 0.15) is 10.4 Å². The van der Waals surface area contributed by atoms with Crippen LogP contribution >= 0.6 is 22.6 Å². The zero-order valence-corrected chi connectivity index (χ0v) is 11.0. The molecule has 0 aliphatic rings. The number of benzene rings is 1. The Bertz CT molecular complexity index is 467. The van der Waals surface area contributed by atoms with Gasteiger partial charge in [0.2, 0.25) is 0 Å². The molecular weight excluding hydrogens is 339 g/mol. The first-order valence-corrected chi connectivity index (χ1v) is 5.87. The van der Waals surface area contributed by atoms with E-state index in [-0.39, 0.29) is 20.8 Å². The largest absolute Gasteiger partial charge is 0.478 e. The smallest absolute Gasteiger partial charge is 0.339 e. The molecule has 5 nitrogen and oxygen atoms in total. The fraction of sp³-hybridized carbons (Fsp3) is 0.182. The molecule has 0 aliphatic carbocycles. The molecule has 0 saturated heterocycles. The van der Waals surface area contributed by atoms with E-state index in [0.29, 0.717) is 6.29 Å². The molecule has 0 aliphatic heterocycles. The predicted molar refractivity (Wildman–Crippen MR) is 67.7 cm³/mol. The Morgan fingerprint density at radius 1 is 1.35 bits per heavy atom. The Kier molecular flexibility index (Phi) is 4.62. The number of aldehydes is 1. The molecule has 1 unspecified atom stereocenters. The number of carboxylic acids is 1. The van der Waals surface area contributed by atoms with Crippen LogP contribution in [0.4, 0.5) is 0 Å². The van der Waals surface area contributed by atoms with E-state index in [9.17, 15) is 14.4 Å². The van der Waals surface area contributed by atoms with Gasteiger partial charge < -0.3 is 9.84 Å². The summed E-state index contributed by atoms with van der Waals surface area (Å²) in [5.41, 5.74) is 0.0520. The molecule has 0 bridgehead atoms. The Morgan fingerprint density at radius 2 is 1.94 bits per heavy atom. The van der Waals surface area contributed by atoms with Crippen molar-refractivity contribution in [2.45, 2.75) is 11.0 Å². The van der Waals surface area contributed by atoms with Crippen LogP contribution in [0, 0.1) is 0 Å². The van der Waals surface area contributed by atoms with Crippen LogP contribution in [0.3, 0.4) is 0 Å². The second-order valence-electron chi connectivity index (χ2n) is 3.22. The molecule has 1 aromatic carbocycles. The predicted octanol–water partition coefficient (Wildman–Crippen LogP) is 2.14. The minimum Gasteiger partial charge on any atom is -0.478 e. The van der Waals surface area contributed by atoms with Gasteiger partial charge >= 0.3 is 11.9 Å². The number of carbonyl (C=O) groups is 3. The van der Waals surface area contributed by atoms with E-state index >= 15 is 0 Å². The number of hydrogen-bond donors (Lipinski definition) is 1. The second kappa shape index (κ2) is 5.76. The van der Waals surface area contributed by atoms with Crippen LogP contribution in [0.15, 0.2) is 18.2 Å². The summed E-state index contributed by atoms with van der Waals surface area (Å²) in [6.45, 7) is 1.67. The van der Waals surface area contributed by atoms with E-state index in [1.54, 1.807) is 6.92 Å². The number of carboxylic acid groups (broad SMARTS) is 1. The number of alkyl halides is 1. The zero-order valence-electron chi connectivity index (χ0n) is 8.84. The highest BCUT2D eigenvalue weighted by atomic mass is 127. The summed E-state index contributed by atoms with van der Waals surface area (Å²) < 4.78 is 4.57. The third kappa shape index (κ3) is 3.81. The van der Waals surface area contributed by atoms with Crippen molar-refractivity contribution >= 4 is 40.8 Å². The molecule has 1 aromatic rings. The number of hydrogen-bond acceptors (Lipinski definition) is 4. The normalized spacial score (nSPS) is 11.6. The van der Waals surface area contributed by atoms with Crippen molar-refractivity contribution in [3.8, 4) is 0 Å². The molecule has 90 valence electrons. The zero-order chi connectivity index (χ0) is 13.0. The van der Waals surface area contributed by atoms with Crippen LogP contribution < -0.4 is 0 Å². The Morgan fingerprint density at radius 3 is 2.41 bits per heavy atom. The number of halogens is 1. The first kappa shape index (κ1) is 13.6. The molecule has 1 N–H and O–H groups in total. The van der Waals surface area contributed by atoms with Gasteiger partial charge in [-0.25, -0.2) is 9.59 Å². The summed E-state index contributed by atoms with van der Waals surface area (Å²) in [6, 6.07) is 3.66. The van der Waals surface area contributed by atoms with Gasteiger partial charge in [-0.2, -0.15) is 0 Å². The van der Waals surface area contributed by atoms with E-state index in [0.717, 1.165) is 0 Å². The number of aromatic carboxylic acids is 1. The van der Waals surface area contributed by atoms with Crippen LogP contribution in [0.5, 0.6) is 0 Å². The Balaban J connectivity index is 3.15. The highest BCUT2D eigenvalue weighted by Crippen LogP contribution is 2.13. The molecule has 0 amide bonds. The summed E-state index contributed by atoms with van der Waals surface area (Å²) in [6.07, 6.45) is 0.483. The fourth-order valence-electron chi connectivity index (χ4n) is 1.18. The first-order valence-electron chi connectivity index (χ1n) is 4.62. The highest BCUT2D eigenvalue weighted by Gasteiger charge is 2.14. The van der Waals surface area contributed by atoms with Crippen LogP contribution in [-0.2, 0) is 4.74 Å². The van der Waals surface area contributed by atoms with E-state index in [4.69, 9.17) is 9.84 Å². The van der Waals surface area contributed by atoms with Crippen molar-refractivity contribution in [2.24, 2.45) is 0 Å². The van der Waals surface area contributed by atoms with Gasteiger partial charge in [-0.05, 0) is 47.7 Å². The molecule has 0 radical (unpaired) electrons. The number of esters is 1. The second-order valence-corrected chi connectivity index (χ2v) is 4.97. The monoisotopic (exact) mass is 348 g/mol. The van der Waals surface area contributed by atoms with Crippen LogP contribution in [-0.4, -0.2) is 27.4 Å². The average molecular weight is 348 g/mol. The maximum atomic E-state index is 11.6. The van der Waals surface area contributed by atoms with Gasteiger partial charge in [-0.3, -0.25) is 4.79 Å². The third-order valence-corrected chi connectivity index (χ3v) is 2.10. The van der Waals surface area contributed by atoms with Gasteiger partial charge in [-0.1, -0.05) is 0 Å². The van der Waals surface area contributed by atoms with Crippen molar-refractivity contribution in [1.82, 2.24) is 0 Å². The first-order chi connectivity index (χ1) is 7.93. The van der Waals surface area contributed by atoms with E-state index in [2.05, 4.69) is 0 Å². The topological polar surface area (TPSA) is 80.7 Å². The van der Waals surface area contributed by atoms with Crippen molar-refractivity contribution in [3.63, 3.8) is 0 Å². The summed E-state index contributed by atoms with van der Waals surface area (Å²) in [7, 11) is 0. The van der Waals surface area contributed by atoms with E-state index < -0.39 is 11.9 Å². The number of ether oxygens (including phenoxy) is 1. The maximum Gasteiger partial charge on any atom is 0.339 e. The lowest BCUT2D eigenvalue weighted by atomic mass is 10.1. The number of rotatable bonds is 4. The SMILES string of the molecule is CC(I)OC(=O)c1cc(C=O)cc(C(=O)O)c1. The van der Waals surface area contributed by atoms with Gasteiger partial charge in [0.05, 0.1) is 11.1 Å². The molecule has 6 heteroatoms. The van der Waals surface area contributed by atoms with Crippen LogP contribution in [0.1, 0.15) is 38.0 Å². The molecule has 0 spiro atoms. The fourth-order valence-corrected chi connectivity index (χ4v) is 1.41. The molecule has 1 rings (SSSR count). The molecule has 0 aromatic heterocycles. The molecule has 0 heterocycles. The van der Waals surface area contributed by atoms with Crippen LogP contribution in [0.25, 0.3) is 0 Å².